The lowest BCUT2D eigenvalue weighted by molar-refractivity contribution is 0.682. The molecule has 0 N–H and O–H groups in total. The van der Waals surface area contributed by atoms with E-state index >= 15 is 0 Å². The molecule has 1 atom stereocenters. The van der Waals surface area contributed by atoms with Crippen molar-refractivity contribution in [3.05, 3.63) is 188 Å². The van der Waals surface area contributed by atoms with Crippen molar-refractivity contribution in [2.45, 2.75) is 9.79 Å². The van der Waals surface area contributed by atoms with E-state index in [1.54, 1.807) is 0 Å². The van der Waals surface area contributed by atoms with Crippen molar-refractivity contribution in [2.75, 3.05) is 9.80 Å². The summed E-state index contributed by atoms with van der Waals surface area (Å²) in [6, 6.07) is 66.9. The van der Waals surface area contributed by atoms with E-state index in [2.05, 4.69) is 178 Å². The van der Waals surface area contributed by atoms with Gasteiger partial charge in [0.15, 0.2) is 0 Å². The van der Waals surface area contributed by atoms with Crippen molar-refractivity contribution in [3.8, 4) is 16.8 Å². The molecule has 10 aromatic rings. The molecule has 0 amide bonds. The second-order valence-electron chi connectivity index (χ2n) is 14.3. The van der Waals surface area contributed by atoms with Crippen molar-refractivity contribution in [1.82, 2.24) is 4.57 Å². The Balaban J connectivity index is 1.17. The molecule has 0 bridgehead atoms. The first-order chi connectivity index (χ1) is 27.2. The van der Waals surface area contributed by atoms with Gasteiger partial charge in [0.05, 0.1) is 54.4 Å². The molecule has 0 saturated carbocycles. The van der Waals surface area contributed by atoms with Gasteiger partial charge in [-0.25, -0.2) is 4.21 Å². The summed E-state index contributed by atoms with van der Waals surface area (Å²) in [6.45, 7) is 0. The summed E-state index contributed by atoms with van der Waals surface area (Å²) in [4.78, 5) is 6.32. The summed E-state index contributed by atoms with van der Waals surface area (Å²) in [5, 5.41) is 7.21. The van der Waals surface area contributed by atoms with Gasteiger partial charge in [-0.2, -0.15) is 0 Å². The van der Waals surface area contributed by atoms with Gasteiger partial charge in [-0.05, 0) is 89.1 Å². The van der Waals surface area contributed by atoms with Crippen molar-refractivity contribution in [3.63, 3.8) is 0 Å². The molecule has 9 aromatic carbocycles. The molecule has 1 aromatic heterocycles. The van der Waals surface area contributed by atoms with Crippen LogP contribution in [0.2, 0.25) is 0 Å². The maximum atomic E-state index is 14.6. The smallest absolute Gasteiger partial charge is 0.0892 e. The van der Waals surface area contributed by atoms with Gasteiger partial charge < -0.3 is 14.4 Å². The monoisotopic (exact) mass is 721 g/mol. The van der Waals surface area contributed by atoms with Crippen LogP contribution < -0.4 is 9.80 Å². The molecule has 55 heavy (non-hydrogen) atoms. The van der Waals surface area contributed by atoms with Crippen LogP contribution in [0.15, 0.2) is 198 Å². The molecule has 2 aliphatic rings. The summed E-state index contributed by atoms with van der Waals surface area (Å²) in [7, 11) is -1.37. The zero-order valence-corrected chi connectivity index (χ0v) is 30.4. The molecule has 3 heterocycles. The average Bonchev–Trinajstić information content (AvgIpc) is 3.58. The SMILES string of the molecule is O=S1c2ccccc2N(c2ccccc2)c2cc3c(cc21)-c1cccc2cccc(c12)N3c1ccc2c(c1)c1ccc3ccccc3c1n2-c1ccccc1. The third kappa shape index (κ3) is 4.30. The van der Waals surface area contributed by atoms with Crippen LogP contribution in [0.25, 0.3) is 60.2 Å². The molecule has 0 fully saturated rings. The summed E-state index contributed by atoms with van der Waals surface area (Å²) in [6.07, 6.45) is 0. The lowest BCUT2D eigenvalue weighted by atomic mass is 9.90. The Labute approximate surface area is 320 Å². The number of rotatable bonds is 3. The molecule has 258 valence electrons. The molecular formula is C50H31N3OS. The number of aromatic nitrogens is 1. The number of nitrogens with zero attached hydrogens (tertiary/aromatic N) is 3. The fraction of sp³-hybridized carbons (Fsp3) is 0. The van der Waals surface area contributed by atoms with Gasteiger partial charge in [0.2, 0.25) is 0 Å². The van der Waals surface area contributed by atoms with Crippen molar-refractivity contribution in [1.29, 1.82) is 0 Å². The Morgan fingerprint density at radius 2 is 1.07 bits per heavy atom. The number of anilines is 6. The normalized spacial score (nSPS) is 14.4. The predicted octanol–water partition coefficient (Wildman–Crippen LogP) is 13.5. The Hall–Kier alpha value is -6.95. The first kappa shape index (κ1) is 30.5. The second kappa shape index (κ2) is 11.5. The summed E-state index contributed by atoms with van der Waals surface area (Å²) < 4.78 is 17.0. The van der Waals surface area contributed by atoms with Crippen molar-refractivity contribution in [2.24, 2.45) is 0 Å². The molecule has 4 nitrogen and oxygen atoms in total. The van der Waals surface area contributed by atoms with Crippen molar-refractivity contribution < 1.29 is 4.21 Å². The van der Waals surface area contributed by atoms with E-state index in [4.69, 9.17) is 0 Å². The second-order valence-corrected chi connectivity index (χ2v) is 15.7. The minimum absolute atomic E-state index is 0.811. The van der Waals surface area contributed by atoms with Gasteiger partial charge >= 0.3 is 0 Å². The molecule has 5 heteroatoms. The van der Waals surface area contributed by atoms with E-state index in [-0.39, 0.29) is 0 Å². The number of hydrogen-bond donors (Lipinski definition) is 0. The fourth-order valence-electron chi connectivity index (χ4n) is 9.08. The first-order valence-electron chi connectivity index (χ1n) is 18.6. The van der Waals surface area contributed by atoms with Gasteiger partial charge in [-0.3, -0.25) is 0 Å². The maximum absolute atomic E-state index is 14.6. The van der Waals surface area contributed by atoms with Gasteiger partial charge in [-0.1, -0.05) is 115 Å². The Bertz CT molecular complexity index is 3240. The predicted molar refractivity (Wildman–Crippen MR) is 229 cm³/mol. The first-order valence-corrected chi connectivity index (χ1v) is 19.8. The largest absolute Gasteiger partial charge is 0.309 e. The highest BCUT2D eigenvalue weighted by atomic mass is 32.2. The van der Waals surface area contributed by atoms with Crippen LogP contribution >= 0.6 is 0 Å². The molecular weight excluding hydrogens is 691 g/mol. The van der Waals surface area contributed by atoms with E-state index in [1.807, 2.05) is 24.3 Å². The highest BCUT2D eigenvalue weighted by Crippen LogP contribution is 2.56. The molecule has 0 saturated heterocycles. The highest BCUT2D eigenvalue weighted by Gasteiger charge is 2.34. The lowest BCUT2D eigenvalue weighted by Gasteiger charge is -2.38. The zero-order chi connectivity index (χ0) is 36.2. The highest BCUT2D eigenvalue weighted by molar-refractivity contribution is 7.85. The fourth-order valence-corrected chi connectivity index (χ4v) is 10.4. The van der Waals surface area contributed by atoms with E-state index in [0.29, 0.717) is 0 Å². The summed E-state index contributed by atoms with van der Waals surface area (Å²) in [5.41, 5.74) is 11.9. The third-order valence-corrected chi connectivity index (χ3v) is 12.9. The minimum atomic E-state index is -1.37. The summed E-state index contributed by atoms with van der Waals surface area (Å²) in [5.74, 6) is 0. The van der Waals surface area contributed by atoms with Crippen LogP contribution in [0, 0.1) is 0 Å². The standard InChI is InChI=1S/C50H31N3OS/c54-55-47-24-10-9-22-43(47)51(34-16-3-1-4-17-34)46-31-45-41(30-48(46)55)38-21-11-14-33-15-12-23-44(49(33)38)52(45)36-26-28-42-40(29-36)39-27-25-32-13-7-8-20-37(32)50(39)53(42)35-18-5-2-6-19-35/h1-31H. The minimum Gasteiger partial charge on any atom is -0.309 e. The number of fused-ring (bicyclic) bond motifs is 9. The molecule has 12 rings (SSSR count). The lowest BCUT2D eigenvalue weighted by Crippen LogP contribution is -2.21. The Morgan fingerprint density at radius 1 is 0.382 bits per heavy atom. The van der Waals surface area contributed by atoms with Gasteiger partial charge in [0.1, 0.15) is 0 Å². The maximum Gasteiger partial charge on any atom is 0.0892 e. The Kier molecular flexibility index (Phi) is 6.39. The van der Waals surface area contributed by atoms with Crippen LogP contribution in [-0.2, 0) is 10.8 Å². The molecule has 2 aliphatic heterocycles. The van der Waals surface area contributed by atoms with Crippen LogP contribution in [0.1, 0.15) is 0 Å². The quantitative estimate of drug-likeness (QED) is 0.182. The molecule has 0 spiro atoms. The van der Waals surface area contributed by atoms with Crippen LogP contribution in [-0.4, -0.2) is 8.78 Å². The average molecular weight is 722 g/mol. The van der Waals surface area contributed by atoms with Crippen LogP contribution in [0.3, 0.4) is 0 Å². The van der Waals surface area contributed by atoms with Crippen LogP contribution in [0.4, 0.5) is 34.1 Å². The molecule has 0 aliphatic carbocycles. The number of para-hydroxylation sites is 3. The molecule has 0 radical (unpaired) electrons. The van der Waals surface area contributed by atoms with E-state index in [9.17, 15) is 4.21 Å². The third-order valence-electron chi connectivity index (χ3n) is 11.4. The van der Waals surface area contributed by atoms with Crippen LogP contribution in [0.5, 0.6) is 0 Å². The topological polar surface area (TPSA) is 28.5 Å². The Morgan fingerprint density at radius 3 is 1.93 bits per heavy atom. The zero-order valence-electron chi connectivity index (χ0n) is 29.6. The van der Waals surface area contributed by atoms with Gasteiger partial charge in [-0.15, -0.1) is 0 Å². The van der Waals surface area contributed by atoms with E-state index in [1.165, 1.54) is 37.8 Å². The van der Waals surface area contributed by atoms with Crippen molar-refractivity contribution >= 4 is 88.3 Å². The summed E-state index contributed by atoms with van der Waals surface area (Å²) >= 11 is 0. The van der Waals surface area contributed by atoms with E-state index in [0.717, 1.165) is 66.2 Å². The van der Waals surface area contributed by atoms with Gasteiger partial charge in [0, 0.05) is 44.2 Å². The van der Waals surface area contributed by atoms with E-state index < -0.39 is 10.8 Å². The molecule has 1 unspecified atom stereocenters. The number of hydrogen-bond acceptors (Lipinski definition) is 3. The van der Waals surface area contributed by atoms with Gasteiger partial charge in [0.25, 0.3) is 0 Å². The number of benzene rings is 9.